The number of aliphatic hydroxyl groups is 2. The van der Waals surface area contributed by atoms with E-state index in [0.29, 0.717) is 12.8 Å². The molecule has 0 aliphatic rings. The van der Waals surface area contributed by atoms with Crippen LogP contribution in [0.2, 0.25) is 0 Å². The predicted molar refractivity (Wildman–Crippen MR) is 276 cm³/mol. The van der Waals surface area contributed by atoms with Crippen LogP contribution in [0.15, 0.2) is 60.8 Å². The molecule has 0 rings (SSSR count). The second-order valence-corrected chi connectivity index (χ2v) is 18.6. The minimum atomic E-state index is -0.666. The number of nitrogens with one attached hydrogen (secondary N) is 1. The van der Waals surface area contributed by atoms with Crippen molar-refractivity contribution >= 4 is 5.91 Å². The Labute approximate surface area is 387 Å². The number of carbonyl (C=O) groups excluding carboxylic acids is 1. The number of carbonyl (C=O) groups is 1. The van der Waals surface area contributed by atoms with Gasteiger partial charge in [-0.15, -0.1) is 0 Å². The van der Waals surface area contributed by atoms with E-state index in [1.165, 1.54) is 199 Å². The molecule has 3 N–H and O–H groups in total. The molecule has 2 unspecified atom stereocenters. The number of unbranched alkanes of at least 4 members (excludes halogenated alkanes) is 33. The molecule has 4 heteroatoms. The minimum Gasteiger partial charge on any atom is -0.394 e. The Morgan fingerprint density at radius 3 is 1.06 bits per heavy atom. The van der Waals surface area contributed by atoms with Gasteiger partial charge in [-0.2, -0.15) is 0 Å². The largest absolute Gasteiger partial charge is 0.394 e. The summed E-state index contributed by atoms with van der Waals surface area (Å²) in [5.74, 6) is -0.0366. The first-order chi connectivity index (χ1) is 30.7. The van der Waals surface area contributed by atoms with Crippen molar-refractivity contribution < 1.29 is 15.0 Å². The lowest BCUT2D eigenvalue weighted by molar-refractivity contribution is -0.123. The number of aliphatic hydroxyl groups excluding tert-OH is 2. The molecule has 4 nitrogen and oxygen atoms in total. The maximum absolute atomic E-state index is 12.5. The van der Waals surface area contributed by atoms with Crippen molar-refractivity contribution in [2.45, 2.75) is 296 Å². The van der Waals surface area contributed by atoms with Crippen LogP contribution in [0.4, 0.5) is 0 Å². The average Bonchev–Trinajstić information content (AvgIpc) is 3.28. The average molecular weight is 866 g/mol. The van der Waals surface area contributed by atoms with E-state index in [9.17, 15) is 15.0 Å². The van der Waals surface area contributed by atoms with Crippen LogP contribution in [-0.4, -0.2) is 34.9 Å². The quantitative estimate of drug-likeness (QED) is 0.0421. The molecule has 0 fully saturated rings. The summed E-state index contributed by atoms with van der Waals surface area (Å²) in [5, 5.41) is 23.3. The van der Waals surface area contributed by atoms with Crippen molar-refractivity contribution in [3.05, 3.63) is 60.8 Å². The van der Waals surface area contributed by atoms with Crippen molar-refractivity contribution in [2.75, 3.05) is 6.61 Å². The van der Waals surface area contributed by atoms with Gasteiger partial charge < -0.3 is 15.5 Å². The summed E-state index contributed by atoms with van der Waals surface area (Å²) in [5.41, 5.74) is 0. The van der Waals surface area contributed by atoms with Crippen molar-refractivity contribution in [1.29, 1.82) is 0 Å². The van der Waals surface area contributed by atoms with Crippen LogP contribution in [0.25, 0.3) is 0 Å². The molecule has 0 aliphatic carbocycles. The second kappa shape index (κ2) is 53.4. The standard InChI is InChI=1S/C58H107NO3/c1-3-5-7-9-11-13-15-17-19-21-23-25-27-29-31-33-35-37-39-41-43-45-47-49-51-53-57(61)56(55-60)59-58(62)54-52-50-48-46-44-42-40-38-36-34-32-30-28-26-24-22-20-18-16-14-12-10-8-6-4-2/h6,8,12,14,18,20,24,26,30,32,56-57,60-61H,3-5,7,9-11,13,15-17,19,21-23,25,27-29,31,33-55H2,1-2H3,(H,59,62)/b8-6-,14-12-,20-18-,26-24-,32-30-. The van der Waals surface area contributed by atoms with Crippen LogP contribution in [-0.2, 0) is 4.79 Å². The highest BCUT2D eigenvalue weighted by atomic mass is 16.3. The van der Waals surface area contributed by atoms with Gasteiger partial charge in [-0.05, 0) is 57.8 Å². The Morgan fingerprint density at radius 1 is 0.403 bits per heavy atom. The number of amides is 1. The van der Waals surface area contributed by atoms with Crippen LogP contribution >= 0.6 is 0 Å². The SMILES string of the molecule is CC/C=C\C/C=C\C/C=C\C/C=C\C/C=C\CCCCCCCCCCCC(=O)NC(CO)C(O)CCCCCCCCCCCCCCCCCCCCCCCCCCC. The molecule has 62 heavy (non-hydrogen) atoms. The third-order valence-corrected chi connectivity index (χ3v) is 12.5. The van der Waals surface area contributed by atoms with Crippen LogP contribution in [0.3, 0.4) is 0 Å². The monoisotopic (exact) mass is 866 g/mol. The third kappa shape index (κ3) is 49.1. The van der Waals surface area contributed by atoms with Crippen molar-refractivity contribution in [1.82, 2.24) is 5.32 Å². The van der Waals surface area contributed by atoms with Gasteiger partial charge in [0.15, 0.2) is 0 Å². The molecule has 0 aliphatic heterocycles. The molecule has 0 radical (unpaired) electrons. The third-order valence-electron chi connectivity index (χ3n) is 12.5. The maximum Gasteiger partial charge on any atom is 0.220 e. The van der Waals surface area contributed by atoms with Gasteiger partial charge in [0.05, 0.1) is 18.8 Å². The predicted octanol–water partition coefficient (Wildman–Crippen LogP) is 18.0. The highest BCUT2D eigenvalue weighted by Crippen LogP contribution is 2.17. The zero-order chi connectivity index (χ0) is 44.9. The Morgan fingerprint density at radius 2 is 0.710 bits per heavy atom. The molecular weight excluding hydrogens is 759 g/mol. The summed E-state index contributed by atoms with van der Waals surface area (Å²) in [6.45, 7) is 4.26. The van der Waals surface area contributed by atoms with Crippen LogP contribution in [0, 0.1) is 0 Å². The van der Waals surface area contributed by atoms with Gasteiger partial charge in [0.25, 0.3) is 0 Å². The Balaban J connectivity index is 3.49. The highest BCUT2D eigenvalue weighted by molar-refractivity contribution is 5.76. The van der Waals surface area contributed by atoms with Gasteiger partial charge in [-0.25, -0.2) is 0 Å². The molecule has 0 aromatic heterocycles. The normalized spacial score (nSPS) is 13.3. The van der Waals surface area contributed by atoms with E-state index in [1.807, 2.05) is 0 Å². The first-order valence-electron chi connectivity index (χ1n) is 27.5. The molecule has 1 amide bonds. The smallest absolute Gasteiger partial charge is 0.220 e. The van der Waals surface area contributed by atoms with E-state index in [-0.39, 0.29) is 12.5 Å². The molecule has 0 aromatic carbocycles. The van der Waals surface area contributed by atoms with Crippen LogP contribution in [0.1, 0.15) is 284 Å². The number of rotatable bonds is 50. The molecule has 0 saturated carbocycles. The first-order valence-corrected chi connectivity index (χ1v) is 27.5. The topological polar surface area (TPSA) is 69.6 Å². The summed E-state index contributed by atoms with van der Waals surface area (Å²) in [6, 6.07) is -0.544. The maximum atomic E-state index is 12.5. The van der Waals surface area contributed by atoms with E-state index >= 15 is 0 Å². The molecule has 2 atom stereocenters. The zero-order valence-corrected chi connectivity index (χ0v) is 41.6. The Hall–Kier alpha value is -1.91. The fraction of sp³-hybridized carbons (Fsp3) is 0.810. The van der Waals surface area contributed by atoms with Gasteiger partial charge in [-0.3, -0.25) is 4.79 Å². The molecule has 362 valence electrons. The van der Waals surface area contributed by atoms with Crippen LogP contribution < -0.4 is 5.32 Å². The summed E-state index contributed by atoms with van der Waals surface area (Å²) in [7, 11) is 0. The Kier molecular flexibility index (Phi) is 51.8. The molecule has 0 bridgehead atoms. The van der Waals surface area contributed by atoms with Crippen molar-refractivity contribution in [3.63, 3.8) is 0 Å². The molecule has 0 heterocycles. The van der Waals surface area contributed by atoms with E-state index in [2.05, 4.69) is 79.9 Å². The highest BCUT2D eigenvalue weighted by Gasteiger charge is 2.20. The zero-order valence-electron chi connectivity index (χ0n) is 41.6. The summed E-state index contributed by atoms with van der Waals surface area (Å²) < 4.78 is 0. The minimum absolute atomic E-state index is 0.0366. The van der Waals surface area contributed by atoms with Gasteiger partial charge in [0, 0.05) is 6.42 Å². The lowest BCUT2D eigenvalue weighted by Crippen LogP contribution is -2.45. The van der Waals surface area contributed by atoms with Crippen molar-refractivity contribution in [3.8, 4) is 0 Å². The van der Waals surface area contributed by atoms with E-state index in [1.54, 1.807) is 0 Å². The van der Waals surface area contributed by atoms with E-state index in [4.69, 9.17) is 0 Å². The van der Waals surface area contributed by atoms with Gasteiger partial charge >= 0.3 is 0 Å². The number of hydrogen-bond acceptors (Lipinski definition) is 3. The van der Waals surface area contributed by atoms with Gasteiger partial charge in [0.2, 0.25) is 5.91 Å². The van der Waals surface area contributed by atoms with Crippen molar-refractivity contribution in [2.24, 2.45) is 0 Å². The second-order valence-electron chi connectivity index (χ2n) is 18.6. The van der Waals surface area contributed by atoms with Gasteiger partial charge in [0.1, 0.15) is 0 Å². The summed E-state index contributed by atoms with van der Waals surface area (Å²) in [6.07, 6.45) is 74.8. The van der Waals surface area contributed by atoms with E-state index in [0.717, 1.165) is 57.8 Å². The number of allylic oxidation sites excluding steroid dienone is 10. The molecule has 0 saturated heterocycles. The fourth-order valence-electron chi connectivity index (χ4n) is 8.39. The van der Waals surface area contributed by atoms with E-state index < -0.39 is 12.1 Å². The van der Waals surface area contributed by atoms with Crippen LogP contribution in [0.5, 0.6) is 0 Å². The van der Waals surface area contributed by atoms with Gasteiger partial charge in [-0.1, -0.05) is 280 Å². The molecular formula is C58H107NO3. The molecule has 0 aromatic rings. The lowest BCUT2D eigenvalue weighted by atomic mass is 10.0. The fourth-order valence-corrected chi connectivity index (χ4v) is 8.39. The summed E-state index contributed by atoms with van der Waals surface area (Å²) >= 11 is 0. The lowest BCUT2D eigenvalue weighted by Gasteiger charge is -2.22. The summed E-state index contributed by atoms with van der Waals surface area (Å²) in [4.78, 5) is 12.5. The first kappa shape index (κ1) is 60.1. The number of hydrogen-bond donors (Lipinski definition) is 3. The molecule has 0 spiro atoms. The Bertz CT molecular complexity index is 1030.